The first-order valence-electron chi connectivity index (χ1n) is 8.90. The number of hydrogen-bond acceptors (Lipinski definition) is 2. The minimum Gasteiger partial charge on any atom is -0.335 e. The highest BCUT2D eigenvalue weighted by Gasteiger charge is 2.28. The molecule has 1 atom stereocenters. The fraction of sp³-hybridized carbons (Fsp3) is 0.632. The molecule has 1 aromatic carbocycles. The van der Waals surface area contributed by atoms with Crippen molar-refractivity contribution in [1.82, 2.24) is 10.2 Å². The van der Waals surface area contributed by atoms with Crippen LogP contribution < -0.4 is 5.32 Å². The van der Waals surface area contributed by atoms with Crippen LogP contribution in [0.15, 0.2) is 30.3 Å². The Kier molecular flexibility index (Phi) is 5.49. The lowest BCUT2D eigenvalue weighted by Gasteiger charge is -2.35. The number of carbonyl (C=O) groups is 1. The molecule has 1 amide bonds. The zero-order valence-corrected chi connectivity index (χ0v) is 13.5. The smallest absolute Gasteiger partial charge is 0.224 e. The Bertz CT molecular complexity index is 462. The van der Waals surface area contributed by atoms with E-state index in [0.717, 1.165) is 19.5 Å². The van der Waals surface area contributed by atoms with Crippen molar-refractivity contribution < 1.29 is 4.79 Å². The van der Waals surface area contributed by atoms with Crippen molar-refractivity contribution in [3.63, 3.8) is 0 Å². The summed E-state index contributed by atoms with van der Waals surface area (Å²) in [5.74, 6) is 0.343. The standard InChI is InChI=1S/C19H28N2O/c22-19(14-17-10-7-13-20-17)21(18-11-5-2-6-12-18)15-16-8-3-1-4-9-16/h1,3-4,8-9,17-18,20H,2,5-7,10-15H2. The van der Waals surface area contributed by atoms with E-state index in [0.29, 0.717) is 24.4 Å². The van der Waals surface area contributed by atoms with Crippen molar-refractivity contribution in [3.8, 4) is 0 Å². The number of nitrogens with one attached hydrogen (secondary N) is 1. The van der Waals surface area contributed by atoms with Gasteiger partial charge in [0.05, 0.1) is 0 Å². The molecule has 3 heteroatoms. The first kappa shape index (κ1) is 15.5. The minimum atomic E-state index is 0.343. The van der Waals surface area contributed by atoms with E-state index in [1.165, 1.54) is 44.1 Å². The molecular formula is C19H28N2O. The van der Waals surface area contributed by atoms with Crippen LogP contribution in [0.2, 0.25) is 0 Å². The first-order chi connectivity index (χ1) is 10.8. The van der Waals surface area contributed by atoms with Crippen LogP contribution in [0.1, 0.15) is 56.9 Å². The molecule has 1 saturated carbocycles. The van der Waals surface area contributed by atoms with Crippen LogP contribution >= 0.6 is 0 Å². The Morgan fingerprint density at radius 3 is 2.50 bits per heavy atom. The van der Waals surface area contributed by atoms with Gasteiger partial charge >= 0.3 is 0 Å². The van der Waals surface area contributed by atoms with Gasteiger partial charge < -0.3 is 10.2 Å². The van der Waals surface area contributed by atoms with Gasteiger partial charge in [-0.1, -0.05) is 49.6 Å². The number of carbonyl (C=O) groups excluding carboxylic acids is 1. The van der Waals surface area contributed by atoms with E-state index in [9.17, 15) is 4.79 Å². The Hall–Kier alpha value is -1.35. The lowest BCUT2D eigenvalue weighted by atomic mass is 9.93. The zero-order chi connectivity index (χ0) is 15.2. The molecule has 1 saturated heterocycles. The summed E-state index contributed by atoms with van der Waals surface area (Å²) in [5.41, 5.74) is 1.25. The molecule has 120 valence electrons. The number of hydrogen-bond donors (Lipinski definition) is 1. The van der Waals surface area contributed by atoms with E-state index in [1.54, 1.807) is 0 Å². The first-order valence-corrected chi connectivity index (χ1v) is 8.90. The lowest BCUT2D eigenvalue weighted by Crippen LogP contribution is -2.43. The van der Waals surface area contributed by atoms with Gasteiger partial charge in [0.2, 0.25) is 5.91 Å². The molecule has 22 heavy (non-hydrogen) atoms. The van der Waals surface area contributed by atoms with Gasteiger partial charge in [0.15, 0.2) is 0 Å². The topological polar surface area (TPSA) is 32.3 Å². The molecule has 0 bridgehead atoms. The summed E-state index contributed by atoms with van der Waals surface area (Å²) in [4.78, 5) is 15.1. The van der Waals surface area contributed by atoms with Gasteiger partial charge in [0, 0.05) is 25.0 Å². The third-order valence-electron chi connectivity index (χ3n) is 5.11. The second-order valence-corrected chi connectivity index (χ2v) is 6.80. The van der Waals surface area contributed by atoms with Gasteiger partial charge in [-0.3, -0.25) is 4.79 Å². The van der Waals surface area contributed by atoms with Crippen molar-refractivity contribution >= 4 is 5.91 Å². The van der Waals surface area contributed by atoms with Crippen LogP contribution in [0.3, 0.4) is 0 Å². The van der Waals surface area contributed by atoms with E-state index >= 15 is 0 Å². The summed E-state index contributed by atoms with van der Waals surface area (Å²) in [5, 5.41) is 3.46. The highest BCUT2D eigenvalue weighted by molar-refractivity contribution is 5.77. The third kappa shape index (κ3) is 4.10. The number of amides is 1. The van der Waals surface area contributed by atoms with Gasteiger partial charge in [0.25, 0.3) is 0 Å². The molecule has 1 aliphatic heterocycles. The van der Waals surface area contributed by atoms with Crippen molar-refractivity contribution in [2.24, 2.45) is 0 Å². The molecule has 2 fully saturated rings. The van der Waals surface area contributed by atoms with E-state index in [1.807, 2.05) is 6.07 Å². The van der Waals surface area contributed by atoms with Crippen LogP contribution in [0.25, 0.3) is 0 Å². The molecule has 1 aliphatic carbocycles. The highest BCUT2D eigenvalue weighted by atomic mass is 16.2. The maximum Gasteiger partial charge on any atom is 0.224 e. The summed E-state index contributed by atoms with van der Waals surface area (Å²) in [7, 11) is 0. The fourth-order valence-electron chi connectivity index (χ4n) is 3.85. The van der Waals surface area contributed by atoms with E-state index in [2.05, 4.69) is 34.5 Å². The molecular weight excluding hydrogens is 272 g/mol. The van der Waals surface area contributed by atoms with Crippen LogP contribution in [0.4, 0.5) is 0 Å². The summed E-state index contributed by atoms with van der Waals surface area (Å²) in [6.07, 6.45) is 9.25. The summed E-state index contributed by atoms with van der Waals surface area (Å²) >= 11 is 0. The summed E-state index contributed by atoms with van der Waals surface area (Å²) in [6.45, 7) is 1.84. The quantitative estimate of drug-likeness (QED) is 0.903. The normalized spacial score (nSPS) is 22.6. The molecule has 0 radical (unpaired) electrons. The molecule has 0 spiro atoms. The Morgan fingerprint density at radius 2 is 1.82 bits per heavy atom. The van der Waals surface area contributed by atoms with Crippen LogP contribution in [-0.2, 0) is 11.3 Å². The van der Waals surface area contributed by atoms with Crippen LogP contribution in [-0.4, -0.2) is 29.4 Å². The number of rotatable bonds is 5. The molecule has 1 heterocycles. The number of nitrogens with zero attached hydrogens (tertiary/aromatic N) is 1. The monoisotopic (exact) mass is 300 g/mol. The van der Waals surface area contributed by atoms with Crippen LogP contribution in [0.5, 0.6) is 0 Å². The Morgan fingerprint density at radius 1 is 1.05 bits per heavy atom. The molecule has 1 aromatic rings. The molecule has 1 unspecified atom stereocenters. The lowest BCUT2D eigenvalue weighted by molar-refractivity contribution is -0.135. The van der Waals surface area contributed by atoms with Crippen molar-refractivity contribution in [2.45, 2.75) is 70.0 Å². The summed E-state index contributed by atoms with van der Waals surface area (Å²) in [6, 6.07) is 11.3. The maximum absolute atomic E-state index is 12.9. The van der Waals surface area contributed by atoms with Gasteiger partial charge in [-0.05, 0) is 37.8 Å². The second-order valence-electron chi connectivity index (χ2n) is 6.80. The maximum atomic E-state index is 12.9. The van der Waals surface area contributed by atoms with Crippen molar-refractivity contribution in [3.05, 3.63) is 35.9 Å². The average molecular weight is 300 g/mol. The highest BCUT2D eigenvalue weighted by Crippen LogP contribution is 2.25. The van der Waals surface area contributed by atoms with Crippen LogP contribution in [0, 0.1) is 0 Å². The van der Waals surface area contributed by atoms with E-state index < -0.39 is 0 Å². The third-order valence-corrected chi connectivity index (χ3v) is 5.11. The fourth-order valence-corrected chi connectivity index (χ4v) is 3.85. The molecule has 0 aromatic heterocycles. The van der Waals surface area contributed by atoms with E-state index in [4.69, 9.17) is 0 Å². The van der Waals surface area contributed by atoms with Crippen molar-refractivity contribution in [2.75, 3.05) is 6.54 Å². The summed E-state index contributed by atoms with van der Waals surface area (Å²) < 4.78 is 0. The van der Waals surface area contributed by atoms with E-state index in [-0.39, 0.29) is 0 Å². The van der Waals surface area contributed by atoms with Gasteiger partial charge in [-0.2, -0.15) is 0 Å². The zero-order valence-electron chi connectivity index (χ0n) is 13.5. The molecule has 3 nitrogen and oxygen atoms in total. The van der Waals surface area contributed by atoms with Crippen molar-refractivity contribution in [1.29, 1.82) is 0 Å². The molecule has 2 aliphatic rings. The largest absolute Gasteiger partial charge is 0.335 e. The SMILES string of the molecule is O=C(CC1CCCN1)N(Cc1ccccc1)C1CCCCC1. The van der Waals surface area contributed by atoms with Gasteiger partial charge in [0.1, 0.15) is 0 Å². The van der Waals surface area contributed by atoms with Gasteiger partial charge in [-0.15, -0.1) is 0 Å². The number of benzene rings is 1. The molecule has 1 N–H and O–H groups in total. The Balaban J connectivity index is 1.68. The molecule has 3 rings (SSSR count). The second kappa shape index (κ2) is 7.77. The average Bonchev–Trinajstić information content (AvgIpc) is 3.07. The van der Waals surface area contributed by atoms with Gasteiger partial charge in [-0.25, -0.2) is 0 Å². The predicted molar refractivity (Wildman–Crippen MR) is 89.5 cm³/mol. The Labute approximate surface area is 134 Å². The minimum absolute atomic E-state index is 0.343. The predicted octanol–water partition coefficient (Wildman–Crippen LogP) is 3.49.